The standard InChI is InChI=1S/C19H13N3O2/c20-11-13-6-8-16(9-7-13)22-18(23)15-10-17(19(24)21-12-15)14-4-2-1-3-5-14/h1-10,12H,(H,21,24)(H,22,23). The second kappa shape index (κ2) is 6.63. The molecule has 1 aromatic heterocycles. The lowest BCUT2D eigenvalue weighted by molar-refractivity contribution is 0.102. The molecule has 0 aliphatic rings. The number of rotatable bonds is 3. The molecule has 0 radical (unpaired) electrons. The fourth-order valence-corrected chi connectivity index (χ4v) is 2.28. The van der Waals surface area contributed by atoms with E-state index in [1.54, 1.807) is 30.3 Å². The molecular formula is C19H13N3O2. The van der Waals surface area contributed by atoms with Crippen LogP contribution in [0.3, 0.4) is 0 Å². The molecule has 0 bridgehead atoms. The van der Waals surface area contributed by atoms with Crippen molar-refractivity contribution < 1.29 is 4.79 Å². The van der Waals surface area contributed by atoms with E-state index in [1.807, 2.05) is 36.4 Å². The summed E-state index contributed by atoms with van der Waals surface area (Å²) in [5.74, 6) is -0.340. The van der Waals surface area contributed by atoms with Crippen LogP contribution in [0.2, 0.25) is 0 Å². The first kappa shape index (κ1) is 15.3. The van der Waals surface area contributed by atoms with Crippen LogP contribution in [-0.4, -0.2) is 10.9 Å². The van der Waals surface area contributed by atoms with Crippen molar-refractivity contribution >= 4 is 11.6 Å². The zero-order valence-electron chi connectivity index (χ0n) is 12.6. The van der Waals surface area contributed by atoms with E-state index in [0.717, 1.165) is 5.56 Å². The van der Waals surface area contributed by atoms with Crippen LogP contribution in [0.25, 0.3) is 11.1 Å². The Kier molecular flexibility index (Phi) is 4.21. The van der Waals surface area contributed by atoms with Gasteiger partial charge in [0.25, 0.3) is 11.5 Å². The highest BCUT2D eigenvalue weighted by molar-refractivity contribution is 6.04. The molecule has 24 heavy (non-hydrogen) atoms. The van der Waals surface area contributed by atoms with Gasteiger partial charge in [-0.2, -0.15) is 5.26 Å². The minimum atomic E-state index is -0.340. The van der Waals surface area contributed by atoms with Crippen LogP contribution < -0.4 is 10.9 Å². The Morgan fingerprint density at radius 1 is 1.04 bits per heavy atom. The van der Waals surface area contributed by atoms with Crippen molar-refractivity contribution in [3.8, 4) is 17.2 Å². The zero-order chi connectivity index (χ0) is 16.9. The van der Waals surface area contributed by atoms with Gasteiger partial charge in [-0.25, -0.2) is 0 Å². The smallest absolute Gasteiger partial charge is 0.257 e. The Labute approximate surface area is 138 Å². The number of aromatic amines is 1. The number of aromatic nitrogens is 1. The second-order valence-electron chi connectivity index (χ2n) is 5.14. The quantitative estimate of drug-likeness (QED) is 0.778. The number of anilines is 1. The lowest BCUT2D eigenvalue weighted by Gasteiger charge is -2.07. The zero-order valence-corrected chi connectivity index (χ0v) is 12.6. The molecule has 0 fully saturated rings. The van der Waals surface area contributed by atoms with Gasteiger partial charge in [0.15, 0.2) is 0 Å². The number of nitrogens with zero attached hydrogens (tertiary/aromatic N) is 1. The molecule has 2 N–H and O–H groups in total. The number of nitrogens with one attached hydrogen (secondary N) is 2. The first-order chi connectivity index (χ1) is 11.7. The van der Waals surface area contributed by atoms with Crippen LogP contribution in [-0.2, 0) is 0 Å². The third-order valence-corrected chi connectivity index (χ3v) is 3.52. The predicted octanol–water partition coefficient (Wildman–Crippen LogP) is 3.17. The Balaban J connectivity index is 1.88. The third-order valence-electron chi connectivity index (χ3n) is 3.52. The topological polar surface area (TPSA) is 85.8 Å². The maximum absolute atomic E-state index is 12.4. The van der Waals surface area contributed by atoms with Crippen molar-refractivity contribution in [1.82, 2.24) is 4.98 Å². The van der Waals surface area contributed by atoms with Gasteiger partial charge in [-0.05, 0) is 35.9 Å². The first-order valence-corrected chi connectivity index (χ1v) is 7.27. The summed E-state index contributed by atoms with van der Waals surface area (Å²) in [7, 11) is 0. The largest absolute Gasteiger partial charge is 0.328 e. The van der Waals surface area contributed by atoms with Crippen molar-refractivity contribution in [3.63, 3.8) is 0 Å². The van der Waals surface area contributed by atoms with Gasteiger partial charge in [-0.15, -0.1) is 0 Å². The molecule has 5 nitrogen and oxygen atoms in total. The summed E-state index contributed by atoms with van der Waals surface area (Å²) in [4.78, 5) is 27.0. The summed E-state index contributed by atoms with van der Waals surface area (Å²) in [6.07, 6.45) is 1.38. The number of hydrogen-bond acceptors (Lipinski definition) is 3. The normalized spacial score (nSPS) is 9.96. The Hall–Kier alpha value is -3.65. The fraction of sp³-hybridized carbons (Fsp3) is 0. The molecule has 0 unspecified atom stereocenters. The number of benzene rings is 2. The summed E-state index contributed by atoms with van der Waals surface area (Å²) in [6, 6.07) is 19.3. The van der Waals surface area contributed by atoms with Gasteiger partial charge in [0.05, 0.1) is 17.2 Å². The minimum Gasteiger partial charge on any atom is -0.328 e. The van der Waals surface area contributed by atoms with E-state index in [2.05, 4.69) is 10.3 Å². The average Bonchev–Trinajstić information content (AvgIpc) is 2.63. The third kappa shape index (κ3) is 3.23. The molecule has 3 aromatic rings. The highest BCUT2D eigenvalue weighted by Crippen LogP contribution is 2.16. The van der Waals surface area contributed by atoms with Gasteiger partial charge in [0.2, 0.25) is 0 Å². The molecule has 1 amide bonds. The molecule has 0 spiro atoms. The highest BCUT2D eigenvalue weighted by atomic mass is 16.1. The van der Waals surface area contributed by atoms with Crippen molar-refractivity contribution in [2.24, 2.45) is 0 Å². The molecule has 0 atom stereocenters. The maximum Gasteiger partial charge on any atom is 0.257 e. The monoisotopic (exact) mass is 315 g/mol. The molecule has 5 heteroatoms. The van der Waals surface area contributed by atoms with Gasteiger partial charge in [0, 0.05) is 17.4 Å². The van der Waals surface area contributed by atoms with E-state index in [-0.39, 0.29) is 11.5 Å². The average molecular weight is 315 g/mol. The number of amides is 1. The summed E-state index contributed by atoms with van der Waals surface area (Å²) in [5.41, 5.74) is 2.36. The second-order valence-corrected chi connectivity index (χ2v) is 5.14. The number of hydrogen-bond donors (Lipinski definition) is 2. The number of nitriles is 1. The van der Waals surface area contributed by atoms with Crippen molar-refractivity contribution in [3.05, 3.63) is 88.3 Å². The van der Waals surface area contributed by atoms with E-state index in [0.29, 0.717) is 22.4 Å². The van der Waals surface area contributed by atoms with Gasteiger partial charge >= 0.3 is 0 Å². The number of pyridine rings is 1. The van der Waals surface area contributed by atoms with Crippen LogP contribution >= 0.6 is 0 Å². The SMILES string of the molecule is N#Cc1ccc(NC(=O)c2c[nH]c(=O)c(-c3ccccc3)c2)cc1. The van der Waals surface area contributed by atoms with E-state index in [9.17, 15) is 9.59 Å². The molecule has 2 aromatic carbocycles. The van der Waals surface area contributed by atoms with Crippen molar-refractivity contribution in [2.75, 3.05) is 5.32 Å². The summed E-state index contributed by atoms with van der Waals surface area (Å²) >= 11 is 0. The van der Waals surface area contributed by atoms with E-state index < -0.39 is 0 Å². The van der Waals surface area contributed by atoms with Gasteiger partial charge in [0.1, 0.15) is 0 Å². The van der Waals surface area contributed by atoms with E-state index in [1.165, 1.54) is 6.20 Å². The molecule has 1 heterocycles. The van der Waals surface area contributed by atoms with Crippen LogP contribution in [0.1, 0.15) is 15.9 Å². The molecule has 0 saturated heterocycles. The molecule has 0 aliphatic carbocycles. The van der Waals surface area contributed by atoms with Crippen molar-refractivity contribution in [1.29, 1.82) is 5.26 Å². The first-order valence-electron chi connectivity index (χ1n) is 7.27. The lowest BCUT2D eigenvalue weighted by Crippen LogP contribution is -2.16. The Bertz CT molecular complexity index is 968. The molecule has 3 rings (SSSR count). The molecule has 0 saturated carbocycles. The van der Waals surface area contributed by atoms with Crippen molar-refractivity contribution in [2.45, 2.75) is 0 Å². The number of carbonyl (C=O) groups is 1. The van der Waals surface area contributed by atoms with Crippen LogP contribution in [0, 0.1) is 11.3 Å². The summed E-state index contributed by atoms with van der Waals surface area (Å²) in [6.45, 7) is 0. The van der Waals surface area contributed by atoms with Gasteiger partial charge in [-0.3, -0.25) is 9.59 Å². The molecule has 0 aliphatic heterocycles. The lowest BCUT2D eigenvalue weighted by atomic mass is 10.1. The Morgan fingerprint density at radius 2 is 1.75 bits per heavy atom. The summed E-state index contributed by atoms with van der Waals surface area (Å²) in [5, 5.41) is 11.5. The predicted molar refractivity (Wildman–Crippen MR) is 91.6 cm³/mol. The fourth-order valence-electron chi connectivity index (χ4n) is 2.28. The van der Waals surface area contributed by atoms with Crippen LogP contribution in [0.5, 0.6) is 0 Å². The van der Waals surface area contributed by atoms with Gasteiger partial charge in [-0.1, -0.05) is 30.3 Å². The summed E-state index contributed by atoms with van der Waals surface area (Å²) < 4.78 is 0. The van der Waals surface area contributed by atoms with Crippen LogP contribution in [0.4, 0.5) is 5.69 Å². The van der Waals surface area contributed by atoms with E-state index >= 15 is 0 Å². The minimum absolute atomic E-state index is 0.254. The van der Waals surface area contributed by atoms with Crippen LogP contribution in [0.15, 0.2) is 71.7 Å². The highest BCUT2D eigenvalue weighted by Gasteiger charge is 2.10. The van der Waals surface area contributed by atoms with Gasteiger partial charge < -0.3 is 10.3 Å². The Morgan fingerprint density at radius 3 is 2.42 bits per heavy atom. The van der Waals surface area contributed by atoms with E-state index in [4.69, 9.17) is 5.26 Å². The maximum atomic E-state index is 12.4. The number of carbonyl (C=O) groups excluding carboxylic acids is 1. The molecule has 116 valence electrons. The molecular weight excluding hydrogens is 302 g/mol. The number of H-pyrrole nitrogens is 1.